The van der Waals surface area contributed by atoms with Crippen LogP contribution in [0.3, 0.4) is 0 Å². The topological polar surface area (TPSA) is 47.0 Å². The van der Waals surface area contributed by atoms with E-state index in [1.807, 2.05) is 7.05 Å². The van der Waals surface area contributed by atoms with Crippen LogP contribution in [0.4, 0.5) is 0 Å². The first-order valence-corrected chi connectivity index (χ1v) is 5.36. The molecule has 1 unspecified atom stereocenters. The molecule has 1 aromatic heterocycles. The van der Waals surface area contributed by atoms with E-state index in [9.17, 15) is 0 Å². The van der Waals surface area contributed by atoms with E-state index in [2.05, 4.69) is 15.3 Å². The predicted molar refractivity (Wildman–Crippen MR) is 57.9 cm³/mol. The van der Waals surface area contributed by atoms with E-state index in [0.717, 1.165) is 18.2 Å². The molecule has 2 rings (SSSR count). The number of likely N-dealkylation sites (N-methyl/N-ethyl adjacent to an activating group) is 1. The number of aromatic nitrogens is 2. The zero-order chi connectivity index (χ0) is 10.7. The van der Waals surface area contributed by atoms with Crippen molar-refractivity contribution in [2.45, 2.75) is 25.3 Å². The van der Waals surface area contributed by atoms with E-state index in [-0.39, 0.29) is 0 Å². The third kappa shape index (κ3) is 2.65. The van der Waals surface area contributed by atoms with Crippen molar-refractivity contribution in [2.75, 3.05) is 14.2 Å². The first-order valence-electron chi connectivity index (χ1n) is 5.36. The van der Waals surface area contributed by atoms with Crippen molar-refractivity contribution in [1.29, 1.82) is 0 Å². The van der Waals surface area contributed by atoms with Gasteiger partial charge < -0.3 is 10.1 Å². The van der Waals surface area contributed by atoms with E-state index in [0.29, 0.717) is 11.9 Å². The highest BCUT2D eigenvalue weighted by molar-refractivity contribution is 5.09. The Hall–Kier alpha value is -1.16. The lowest BCUT2D eigenvalue weighted by Crippen LogP contribution is -2.30. The van der Waals surface area contributed by atoms with Crippen molar-refractivity contribution in [3.63, 3.8) is 0 Å². The average Bonchev–Trinajstić information content (AvgIpc) is 3.10. The molecule has 15 heavy (non-hydrogen) atoms. The highest BCUT2D eigenvalue weighted by atomic mass is 16.5. The summed E-state index contributed by atoms with van der Waals surface area (Å²) in [5.74, 6) is 2.32. The lowest BCUT2D eigenvalue weighted by molar-refractivity contribution is 0.392. The quantitative estimate of drug-likeness (QED) is 0.783. The van der Waals surface area contributed by atoms with Crippen molar-refractivity contribution in [3.8, 4) is 5.88 Å². The molecule has 0 aliphatic heterocycles. The number of rotatable bonds is 5. The smallest absolute Gasteiger partial charge is 0.216 e. The van der Waals surface area contributed by atoms with Crippen LogP contribution in [-0.2, 0) is 6.42 Å². The van der Waals surface area contributed by atoms with Gasteiger partial charge in [-0.15, -0.1) is 0 Å². The van der Waals surface area contributed by atoms with Gasteiger partial charge in [-0.05, 0) is 25.8 Å². The molecule has 4 heteroatoms. The summed E-state index contributed by atoms with van der Waals surface area (Å²) in [6.45, 7) is 0. The highest BCUT2D eigenvalue weighted by Crippen LogP contribution is 2.33. The summed E-state index contributed by atoms with van der Waals surface area (Å²) < 4.78 is 5.07. The van der Waals surface area contributed by atoms with Gasteiger partial charge in [0.05, 0.1) is 7.11 Å². The van der Waals surface area contributed by atoms with Gasteiger partial charge >= 0.3 is 0 Å². The maximum Gasteiger partial charge on any atom is 0.216 e. The molecule has 1 aliphatic rings. The molecule has 0 saturated heterocycles. The number of hydrogen-bond donors (Lipinski definition) is 1. The van der Waals surface area contributed by atoms with Crippen LogP contribution in [0.15, 0.2) is 12.3 Å². The fourth-order valence-corrected chi connectivity index (χ4v) is 1.79. The number of ether oxygens (including phenoxy) is 1. The molecular weight excluding hydrogens is 190 g/mol. The molecular formula is C11H17N3O. The zero-order valence-corrected chi connectivity index (χ0v) is 9.23. The maximum atomic E-state index is 5.07. The molecule has 1 aromatic rings. The largest absolute Gasteiger partial charge is 0.481 e. The first-order chi connectivity index (χ1) is 7.33. The van der Waals surface area contributed by atoms with Gasteiger partial charge in [0.1, 0.15) is 5.82 Å². The second kappa shape index (κ2) is 4.57. The van der Waals surface area contributed by atoms with Crippen LogP contribution in [0.2, 0.25) is 0 Å². The number of nitrogens with zero attached hydrogens (tertiary/aromatic N) is 2. The van der Waals surface area contributed by atoms with Gasteiger partial charge in [-0.3, -0.25) is 0 Å². The molecule has 1 heterocycles. The summed E-state index contributed by atoms with van der Waals surface area (Å²) in [6.07, 6.45) is 5.30. The van der Waals surface area contributed by atoms with Crippen LogP contribution in [0, 0.1) is 5.92 Å². The summed E-state index contributed by atoms with van der Waals surface area (Å²) in [4.78, 5) is 8.57. The molecule has 1 saturated carbocycles. The van der Waals surface area contributed by atoms with Gasteiger partial charge in [-0.2, -0.15) is 4.98 Å². The van der Waals surface area contributed by atoms with Gasteiger partial charge in [-0.1, -0.05) is 0 Å². The van der Waals surface area contributed by atoms with E-state index >= 15 is 0 Å². The van der Waals surface area contributed by atoms with Gasteiger partial charge in [0, 0.05) is 24.7 Å². The summed E-state index contributed by atoms with van der Waals surface area (Å²) in [7, 11) is 3.63. The van der Waals surface area contributed by atoms with Gasteiger partial charge in [0.15, 0.2) is 0 Å². The Labute approximate surface area is 90.1 Å². The maximum absolute atomic E-state index is 5.07. The molecule has 0 aromatic carbocycles. The van der Waals surface area contributed by atoms with Crippen molar-refractivity contribution >= 4 is 0 Å². The van der Waals surface area contributed by atoms with Crippen molar-refractivity contribution < 1.29 is 4.74 Å². The molecule has 0 radical (unpaired) electrons. The second-order valence-electron chi connectivity index (χ2n) is 3.95. The normalized spacial score (nSPS) is 17.5. The molecule has 0 bridgehead atoms. The van der Waals surface area contributed by atoms with Gasteiger partial charge in [0.25, 0.3) is 0 Å². The van der Waals surface area contributed by atoms with Crippen LogP contribution in [0.1, 0.15) is 18.7 Å². The number of nitrogens with one attached hydrogen (secondary N) is 1. The van der Waals surface area contributed by atoms with Crippen molar-refractivity contribution in [3.05, 3.63) is 18.1 Å². The van der Waals surface area contributed by atoms with Crippen LogP contribution in [0.5, 0.6) is 5.88 Å². The molecule has 1 fully saturated rings. The molecule has 0 spiro atoms. The number of methoxy groups -OCH3 is 1. The van der Waals surface area contributed by atoms with Crippen LogP contribution >= 0.6 is 0 Å². The van der Waals surface area contributed by atoms with Crippen molar-refractivity contribution in [1.82, 2.24) is 15.3 Å². The van der Waals surface area contributed by atoms with Crippen molar-refractivity contribution in [2.24, 2.45) is 5.92 Å². The standard InChI is InChI=1S/C11H17N3O/c1-12-9(8-3-4-8)7-10-13-6-5-11(14-10)15-2/h5-6,8-9,12H,3-4,7H2,1-2H3. The molecule has 0 amide bonds. The minimum atomic E-state index is 0.511. The van der Waals surface area contributed by atoms with E-state index in [4.69, 9.17) is 4.74 Å². The Balaban J connectivity index is 2.01. The molecule has 4 nitrogen and oxygen atoms in total. The van der Waals surface area contributed by atoms with Crippen LogP contribution in [0.25, 0.3) is 0 Å². The third-order valence-electron chi connectivity index (χ3n) is 2.85. The highest BCUT2D eigenvalue weighted by Gasteiger charge is 2.30. The Kier molecular flexibility index (Phi) is 3.16. The fraction of sp³-hybridized carbons (Fsp3) is 0.636. The summed E-state index contributed by atoms with van der Waals surface area (Å²) >= 11 is 0. The Morgan fingerprint density at radius 3 is 3.00 bits per heavy atom. The second-order valence-corrected chi connectivity index (χ2v) is 3.95. The first kappa shape index (κ1) is 10.4. The van der Waals surface area contributed by atoms with Crippen LogP contribution in [-0.4, -0.2) is 30.2 Å². The van der Waals surface area contributed by atoms with Gasteiger partial charge in [-0.25, -0.2) is 4.98 Å². The summed E-state index contributed by atoms with van der Waals surface area (Å²) in [5.41, 5.74) is 0. The fourth-order valence-electron chi connectivity index (χ4n) is 1.79. The lowest BCUT2D eigenvalue weighted by Gasteiger charge is -2.13. The lowest BCUT2D eigenvalue weighted by atomic mass is 10.1. The third-order valence-corrected chi connectivity index (χ3v) is 2.85. The Morgan fingerprint density at radius 2 is 2.40 bits per heavy atom. The number of hydrogen-bond acceptors (Lipinski definition) is 4. The monoisotopic (exact) mass is 207 g/mol. The van der Waals surface area contributed by atoms with E-state index < -0.39 is 0 Å². The molecule has 1 N–H and O–H groups in total. The zero-order valence-electron chi connectivity index (χ0n) is 9.23. The molecule has 1 aliphatic carbocycles. The van der Waals surface area contributed by atoms with E-state index in [1.165, 1.54) is 12.8 Å². The predicted octanol–water partition coefficient (Wildman–Crippen LogP) is 1.03. The minimum Gasteiger partial charge on any atom is -0.481 e. The SMILES string of the molecule is CNC(Cc1nccc(OC)n1)C1CC1. The summed E-state index contributed by atoms with van der Waals surface area (Å²) in [5, 5.41) is 3.33. The Bertz CT molecular complexity index is 325. The van der Waals surface area contributed by atoms with Gasteiger partial charge in [0.2, 0.25) is 5.88 Å². The molecule has 1 atom stereocenters. The van der Waals surface area contributed by atoms with Crippen LogP contribution < -0.4 is 10.1 Å². The average molecular weight is 207 g/mol. The minimum absolute atomic E-state index is 0.511. The summed E-state index contributed by atoms with van der Waals surface area (Å²) in [6, 6.07) is 2.28. The van der Waals surface area contributed by atoms with E-state index in [1.54, 1.807) is 19.4 Å². The Morgan fingerprint density at radius 1 is 1.60 bits per heavy atom. The molecule has 82 valence electrons.